The highest BCUT2D eigenvalue weighted by Crippen LogP contribution is 2.26. The molecule has 1 unspecified atom stereocenters. The van der Waals surface area contributed by atoms with Crippen molar-refractivity contribution in [1.29, 1.82) is 0 Å². The van der Waals surface area contributed by atoms with Crippen LogP contribution in [0.5, 0.6) is 0 Å². The molecule has 1 atom stereocenters. The molecule has 19 heavy (non-hydrogen) atoms. The summed E-state index contributed by atoms with van der Waals surface area (Å²) >= 11 is 0. The van der Waals surface area contributed by atoms with Crippen molar-refractivity contribution in [3.05, 3.63) is 24.0 Å². The third-order valence-electron chi connectivity index (χ3n) is 3.94. The molecular formula is C16H24N2O. The van der Waals surface area contributed by atoms with Crippen molar-refractivity contribution in [2.24, 2.45) is 0 Å². The fraction of sp³-hybridized carbons (Fsp3) is 0.625. The van der Waals surface area contributed by atoms with Crippen LogP contribution in [0, 0.1) is 0 Å². The molecule has 1 aliphatic rings. The van der Waals surface area contributed by atoms with Gasteiger partial charge in [0.1, 0.15) is 5.69 Å². The maximum Gasteiger partial charge on any atom is 0.180 e. The summed E-state index contributed by atoms with van der Waals surface area (Å²) in [6.07, 6.45) is 8.74. The van der Waals surface area contributed by atoms with E-state index < -0.39 is 0 Å². The Bertz CT molecular complexity index is 411. The Kier molecular flexibility index (Phi) is 4.94. The van der Waals surface area contributed by atoms with Crippen molar-refractivity contribution in [1.82, 2.24) is 4.98 Å². The normalized spacial score (nSPS) is 19.5. The molecule has 1 aliphatic heterocycles. The average Bonchev–Trinajstić information content (AvgIpc) is 2.47. The summed E-state index contributed by atoms with van der Waals surface area (Å²) in [5.41, 5.74) is 1.76. The topological polar surface area (TPSA) is 33.2 Å². The van der Waals surface area contributed by atoms with Crippen LogP contribution >= 0.6 is 0 Å². The van der Waals surface area contributed by atoms with Gasteiger partial charge in [-0.15, -0.1) is 0 Å². The Morgan fingerprint density at radius 3 is 2.84 bits per heavy atom. The van der Waals surface area contributed by atoms with Crippen LogP contribution in [0.2, 0.25) is 0 Å². The summed E-state index contributed by atoms with van der Waals surface area (Å²) in [6.45, 7) is 5.24. The predicted octanol–water partition coefficient (Wildman–Crippen LogP) is 3.83. The Balaban J connectivity index is 2.13. The lowest BCUT2D eigenvalue weighted by molar-refractivity contribution is 0.0983. The van der Waals surface area contributed by atoms with Crippen LogP contribution in [0.3, 0.4) is 0 Å². The highest BCUT2D eigenvalue weighted by Gasteiger charge is 2.22. The van der Waals surface area contributed by atoms with Crippen molar-refractivity contribution in [2.45, 2.75) is 58.4 Å². The van der Waals surface area contributed by atoms with Gasteiger partial charge in [0.2, 0.25) is 0 Å². The van der Waals surface area contributed by atoms with Crippen molar-refractivity contribution >= 4 is 11.5 Å². The molecule has 104 valence electrons. The van der Waals surface area contributed by atoms with E-state index in [2.05, 4.69) is 22.9 Å². The van der Waals surface area contributed by atoms with Crippen LogP contribution < -0.4 is 4.90 Å². The molecule has 0 amide bonds. The molecule has 0 radical (unpaired) electrons. The molecule has 2 heterocycles. The van der Waals surface area contributed by atoms with Crippen molar-refractivity contribution in [3.63, 3.8) is 0 Å². The van der Waals surface area contributed by atoms with Crippen molar-refractivity contribution < 1.29 is 4.79 Å². The number of Topliss-reactive ketones (excluding diaryl/α,β-unsaturated/α-hetero) is 1. The number of carbonyl (C=O) groups excluding carboxylic acids is 1. The molecule has 0 bridgehead atoms. The van der Waals surface area contributed by atoms with Gasteiger partial charge in [0.25, 0.3) is 0 Å². The van der Waals surface area contributed by atoms with Gasteiger partial charge in [0.15, 0.2) is 5.78 Å². The molecule has 1 fully saturated rings. The van der Waals surface area contributed by atoms with Crippen LogP contribution in [0.25, 0.3) is 0 Å². The summed E-state index contributed by atoms with van der Waals surface area (Å²) in [5.74, 6) is 0.121. The highest BCUT2D eigenvalue weighted by molar-refractivity contribution is 5.94. The Labute approximate surface area is 116 Å². The van der Waals surface area contributed by atoms with E-state index in [9.17, 15) is 4.79 Å². The van der Waals surface area contributed by atoms with Gasteiger partial charge in [0, 0.05) is 19.0 Å². The largest absolute Gasteiger partial charge is 0.367 e. The number of hydrogen-bond donors (Lipinski definition) is 0. The number of carbonyl (C=O) groups is 1. The summed E-state index contributed by atoms with van der Waals surface area (Å²) in [5, 5.41) is 0. The van der Waals surface area contributed by atoms with Crippen molar-refractivity contribution in [3.8, 4) is 0 Å². The number of rotatable bonds is 5. The van der Waals surface area contributed by atoms with E-state index in [-0.39, 0.29) is 5.78 Å². The quantitative estimate of drug-likeness (QED) is 0.754. The first-order valence-electron chi connectivity index (χ1n) is 7.52. The highest BCUT2D eigenvalue weighted by atomic mass is 16.1. The fourth-order valence-corrected chi connectivity index (χ4v) is 2.88. The number of anilines is 1. The van der Waals surface area contributed by atoms with Crippen LogP contribution in [-0.4, -0.2) is 23.4 Å². The Morgan fingerprint density at radius 1 is 1.37 bits per heavy atom. The van der Waals surface area contributed by atoms with Gasteiger partial charge >= 0.3 is 0 Å². The maximum absolute atomic E-state index is 11.6. The minimum absolute atomic E-state index is 0.121. The van der Waals surface area contributed by atoms with Gasteiger partial charge in [-0.2, -0.15) is 0 Å². The first-order chi connectivity index (χ1) is 9.26. The standard InChI is InChI=1S/C16H24N2O/c1-3-7-13-8-5-6-11-18(13)14-9-10-15(17-12-14)16(19)4-2/h9-10,12-13H,3-8,11H2,1-2H3. The van der Waals surface area contributed by atoms with Gasteiger partial charge in [-0.3, -0.25) is 9.78 Å². The monoisotopic (exact) mass is 260 g/mol. The summed E-state index contributed by atoms with van der Waals surface area (Å²) in [4.78, 5) is 18.4. The Hall–Kier alpha value is -1.38. The second-order valence-corrected chi connectivity index (χ2v) is 5.31. The zero-order chi connectivity index (χ0) is 13.7. The number of ketones is 1. The van der Waals surface area contributed by atoms with Crippen LogP contribution in [-0.2, 0) is 0 Å². The van der Waals surface area contributed by atoms with E-state index in [1.807, 2.05) is 19.2 Å². The molecule has 0 spiro atoms. The number of nitrogens with zero attached hydrogens (tertiary/aromatic N) is 2. The molecule has 3 heteroatoms. The van der Waals surface area contributed by atoms with Gasteiger partial charge in [-0.25, -0.2) is 0 Å². The molecule has 0 aliphatic carbocycles. The molecule has 1 aromatic heterocycles. The summed E-state index contributed by atoms with van der Waals surface area (Å²) < 4.78 is 0. The number of aromatic nitrogens is 1. The molecule has 3 nitrogen and oxygen atoms in total. The van der Waals surface area contributed by atoms with E-state index in [0.717, 1.165) is 6.54 Å². The fourth-order valence-electron chi connectivity index (χ4n) is 2.88. The van der Waals surface area contributed by atoms with E-state index in [0.29, 0.717) is 18.2 Å². The average molecular weight is 260 g/mol. The molecule has 2 rings (SSSR count). The lowest BCUT2D eigenvalue weighted by atomic mass is 9.97. The molecule has 0 aromatic carbocycles. The first kappa shape index (κ1) is 14.0. The summed E-state index contributed by atoms with van der Waals surface area (Å²) in [7, 11) is 0. The smallest absolute Gasteiger partial charge is 0.180 e. The SMILES string of the molecule is CCCC1CCCCN1c1ccc(C(=O)CC)nc1. The third-order valence-corrected chi connectivity index (χ3v) is 3.94. The lowest BCUT2D eigenvalue weighted by Gasteiger charge is -2.37. The lowest BCUT2D eigenvalue weighted by Crippen LogP contribution is -2.39. The van der Waals surface area contributed by atoms with Gasteiger partial charge in [0.05, 0.1) is 11.9 Å². The molecule has 1 aromatic rings. The van der Waals surface area contributed by atoms with E-state index >= 15 is 0 Å². The van der Waals surface area contributed by atoms with Gasteiger partial charge < -0.3 is 4.90 Å². The minimum atomic E-state index is 0.121. The first-order valence-corrected chi connectivity index (χ1v) is 7.52. The minimum Gasteiger partial charge on any atom is -0.367 e. The number of piperidine rings is 1. The van der Waals surface area contributed by atoms with Crippen LogP contribution in [0.1, 0.15) is 62.9 Å². The zero-order valence-electron chi connectivity index (χ0n) is 12.1. The molecule has 0 saturated carbocycles. The second kappa shape index (κ2) is 6.69. The second-order valence-electron chi connectivity index (χ2n) is 5.31. The predicted molar refractivity (Wildman–Crippen MR) is 78.8 cm³/mol. The van der Waals surface area contributed by atoms with E-state index in [4.69, 9.17) is 0 Å². The van der Waals surface area contributed by atoms with Gasteiger partial charge in [-0.1, -0.05) is 20.3 Å². The number of hydrogen-bond acceptors (Lipinski definition) is 3. The molecule has 0 N–H and O–H groups in total. The maximum atomic E-state index is 11.6. The summed E-state index contributed by atoms with van der Waals surface area (Å²) in [6, 6.07) is 4.58. The van der Waals surface area contributed by atoms with Gasteiger partial charge in [-0.05, 0) is 37.8 Å². The van der Waals surface area contributed by atoms with Crippen LogP contribution in [0.15, 0.2) is 18.3 Å². The molecule has 1 saturated heterocycles. The molecular weight excluding hydrogens is 236 g/mol. The van der Waals surface area contributed by atoms with E-state index in [1.54, 1.807) is 0 Å². The number of pyridine rings is 1. The van der Waals surface area contributed by atoms with Crippen molar-refractivity contribution in [2.75, 3.05) is 11.4 Å². The third kappa shape index (κ3) is 3.34. The van der Waals surface area contributed by atoms with E-state index in [1.165, 1.54) is 37.8 Å². The van der Waals surface area contributed by atoms with Crippen LogP contribution in [0.4, 0.5) is 5.69 Å². The zero-order valence-corrected chi connectivity index (χ0v) is 12.1. The Morgan fingerprint density at radius 2 is 2.21 bits per heavy atom.